The van der Waals surface area contributed by atoms with Gasteiger partial charge in [0.1, 0.15) is 0 Å². The molecule has 0 radical (unpaired) electrons. The van der Waals surface area contributed by atoms with Crippen molar-refractivity contribution in [3.63, 3.8) is 0 Å². The Kier molecular flexibility index (Phi) is 3.60. The van der Waals surface area contributed by atoms with Gasteiger partial charge in [-0.05, 0) is 17.0 Å². The predicted octanol–water partition coefficient (Wildman–Crippen LogP) is 4.33. The number of fused-ring (bicyclic) bond motifs is 1. The number of methoxy groups -OCH3 is 1. The van der Waals surface area contributed by atoms with Gasteiger partial charge in [0.05, 0.1) is 22.8 Å². The Morgan fingerprint density at radius 2 is 2.00 bits per heavy atom. The van der Waals surface area contributed by atoms with E-state index in [1.54, 1.807) is 7.11 Å². The minimum Gasteiger partial charge on any atom is -0.378 e. The monoisotopic (exact) mass is 263 g/mol. The van der Waals surface area contributed by atoms with Crippen LogP contribution in [0.1, 0.15) is 32.0 Å². The lowest BCUT2D eigenvalue weighted by Gasteiger charge is -2.21. The molecule has 2 rings (SSSR count). The highest BCUT2D eigenvalue weighted by Crippen LogP contribution is 2.32. The van der Waals surface area contributed by atoms with Crippen molar-refractivity contribution in [3.8, 4) is 0 Å². The van der Waals surface area contributed by atoms with Gasteiger partial charge >= 0.3 is 0 Å². The summed E-state index contributed by atoms with van der Waals surface area (Å²) < 4.78 is 5.14. The fourth-order valence-corrected chi connectivity index (χ4v) is 2.36. The number of ether oxygens (including phenoxy) is 1. The highest BCUT2D eigenvalue weighted by atomic mass is 35.5. The first kappa shape index (κ1) is 13.3. The van der Waals surface area contributed by atoms with Gasteiger partial charge in [0.15, 0.2) is 0 Å². The second-order valence-corrected chi connectivity index (χ2v) is 5.89. The van der Waals surface area contributed by atoms with Crippen LogP contribution < -0.4 is 0 Å². The minimum absolute atomic E-state index is 0.0432. The van der Waals surface area contributed by atoms with Crippen molar-refractivity contribution in [1.82, 2.24) is 4.98 Å². The highest BCUT2D eigenvalue weighted by Gasteiger charge is 2.18. The molecule has 0 N–H and O–H groups in total. The van der Waals surface area contributed by atoms with Gasteiger partial charge < -0.3 is 4.74 Å². The molecule has 0 aliphatic rings. The Morgan fingerprint density at radius 3 is 2.61 bits per heavy atom. The molecule has 18 heavy (non-hydrogen) atoms. The summed E-state index contributed by atoms with van der Waals surface area (Å²) in [7, 11) is 1.66. The van der Waals surface area contributed by atoms with Crippen molar-refractivity contribution in [2.45, 2.75) is 32.8 Å². The molecule has 0 atom stereocenters. The fourth-order valence-electron chi connectivity index (χ4n) is 2.08. The third kappa shape index (κ3) is 2.50. The first-order chi connectivity index (χ1) is 8.43. The quantitative estimate of drug-likeness (QED) is 0.804. The summed E-state index contributed by atoms with van der Waals surface area (Å²) in [4.78, 5) is 4.68. The summed E-state index contributed by atoms with van der Waals surface area (Å²) >= 11 is 6.32. The zero-order valence-electron chi connectivity index (χ0n) is 11.2. The second-order valence-electron chi connectivity index (χ2n) is 5.48. The maximum Gasteiger partial charge on any atom is 0.0884 e. The third-order valence-electron chi connectivity index (χ3n) is 2.94. The molecule has 0 aliphatic heterocycles. The topological polar surface area (TPSA) is 22.1 Å². The smallest absolute Gasteiger partial charge is 0.0884 e. The van der Waals surface area contributed by atoms with Crippen molar-refractivity contribution < 1.29 is 4.74 Å². The van der Waals surface area contributed by atoms with Gasteiger partial charge in [0, 0.05) is 12.5 Å². The first-order valence-electron chi connectivity index (χ1n) is 6.01. The number of nitrogens with zero attached hydrogens (tertiary/aromatic N) is 1. The third-order valence-corrected chi connectivity index (χ3v) is 3.26. The number of pyridine rings is 1. The van der Waals surface area contributed by atoms with Crippen molar-refractivity contribution in [2.24, 2.45) is 0 Å². The first-order valence-corrected chi connectivity index (χ1v) is 6.39. The van der Waals surface area contributed by atoms with E-state index in [1.807, 2.05) is 18.2 Å². The Labute approximate surface area is 113 Å². The molecule has 0 bridgehead atoms. The fraction of sp³-hybridized carbons (Fsp3) is 0.400. The lowest BCUT2D eigenvalue weighted by molar-refractivity contribution is 0.182. The van der Waals surface area contributed by atoms with Crippen molar-refractivity contribution in [2.75, 3.05) is 7.11 Å². The zero-order chi connectivity index (χ0) is 13.3. The summed E-state index contributed by atoms with van der Waals surface area (Å²) in [6.07, 6.45) is 0. The van der Waals surface area contributed by atoms with E-state index in [4.69, 9.17) is 16.3 Å². The van der Waals surface area contributed by atoms with E-state index in [-0.39, 0.29) is 5.41 Å². The average molecular weight is 264 g/mol. The van der Waals surface area contributed by atoms with Crippen molar-refractivity contribution in [3.05, 3.63) is 40.5 Å². The van der Waals surface area contributed by atoms with Gasteiger partial charge in [-0.3, -0.25) is 0 Å². The van der Waals surface area contributed by atoms with Gasteiger partial charge in [0.25, 0.3) is 0 Å². The van der Waals surface area contributed by atoms with E-state index < -0.39 is 0 Å². The number of para-hydroxylation sites is 1. The van der Waals surface area contributed by atoms with Crippen molar-refractivity contribution >= 4 is 22.5 Å². The zero-order valence-corrected chi connectivity index (χ0v) is 12.0. The standard InChI is InChI=1S/C15H18ClNO/c1-15(2,3)12-7-5-6-11-13(16)8-10(9-18-4)17-14(11)12/h5-8H,9H2,1-4H3. The molecule has 0 saturated carbocycles. The lowest BCUT2D eigenvalue weighted by atomic mass is 9.85. The van der Waals surface area contributed by atoms with Crippen LogP contribution in [0.15, 0.2) is 24.3 Å². The molecule has 1 heterocycles. The molecule has 0 saturated heterocycles. The molecular weight excluding hydrogens is 246 g/mol. The largest absolute Gasteiger partial charge is 0.378 e. The van der Waals surface area contributed by atoms with E-state index in [2.05, 4.69) is 31.8 Å². The number of halogens is 1. The number of aromatic nitrogens is 1. The molecule has 0 unspecified atom stereocenters. The molecular formula is C15H18ClNO. The molecule has 0 spiro atoms. The summed E-state index contributed by atoms with van der Waals surface area (Å²) in [5.41, 5.74) is 3.10. The summed E-state index contributed by atoms with van der Waals surface area (Å²) in [6, 6.07) is 8.03. The number of hydrogen-bond acceptors (Lipinski definition) is 2. The van der Waals surface area contributed by atoms with Gasteiger partial charge in [-0.2, -0.15) is 0 Å². The lowest BCUT2D eigenvalue weighted by Crippen LogP contribution is -2.12. The predicted molar refractivity (Wildman–Crippen MR) is 76.2 cm³/mol. The van der Waals surface area contributed by atoms with E-state index in [0.29, 0.717) is 6.61 Å². The molecule has 0 aliphatic carbocycles. The van der Waals surface area contributed by atoms with Crippen LogP contribution in [0.3, 0.4) is 0 Å². The summed E-state index contributed by atoms with van der Waals surface area (Å²) in [5.74, 6) is 0. The van der Waals surface area contributed by atoms with Gasteiger partial charge in [-0.25, -0.2) is 4.98 Å². The Balaban J connectivity index is 2.74. The molecule has 1 aromatic carbocycles. The van der Waals surface area contributed by atoms with Crippen LogP contribution in [0.5, 0.6) is 0 Å². The number of benzene rings is 1. The molecule has 2 nitrogen and oxygen atoms in total. The van der Waals surface area contributed by atoms with E-state index >= 15 is 0 Å². The van der Waals surface area contributed by atoms with E-state index in [0.717, 1.165) is 21.6 Å². The van der Waals surface area contributed by atoms with Gasteiger partial charge in [-0.1, -0.05) is 50.6 Å². The highest BCUT2D eigenvalue weighted by molar-refractivity contribution is 6.35. The van der Waals surface area contributed by atoms with Gasteiger partial charge in [0.2, 0.25) is 0 Å². The normalized spacial score (nSPS) is 12.1. The maximum atomic E-state index is 6.32. The van der Waals surface area contributed by atoms with Gasteiger partial charge in [-0.15, -0.1) is 0 Å². The SMILES string of the molecule is COCc1cc(Cl)c2cccc(C(C)(C)C)c2n1. The van der Waals surface area contributed by atoms with Crippen LogP contribution in [0.2, 0.25) is 5.02 Å². The molecule has 96 valence electrons. The molecule has 2 aromatic rings. The molecule has 3 heteroatoms. The maximum absolute atomic E-state index is 6.32. The second kappa shape index (κ2) is 4.87. The van der Waals surface area contributed by atoms with Crippen LogP contribution in [0.25, 0.3) is 10.9 Å². The van der Waals surface area contributed by atoms with Crippen LogP contribution in [0, 0.1) is 0 Å². The van der Waals surface area contributed by atoms with Crippen LogP contribution in [-0.2, 0) is 16.8 Å². The molecule has 1 aromatic heterocycles. The van der Waals surface area contributed by atoms with Crippen LogP contribution >= 0.6 is 11.6 Å². The number of rotatable bonds is 2. The Hall–Kier alpha value is -1.12. The average Bonchev–Trinajstić information content (AvgIpc) is 2.27. The molecule has 0 amide bonds. The van der Waals surface area contributed by atoms with Crippen LogP contribution in [-0.4, -0.2) is 12.1 Å². The van der Waals surface area contributed by atoms with Crippen LogP contribution in [0.4, 0.5) is 0 Å². The summed E-state index contributed by atoms with van der Waals surface area (Å²) in [6.45, 7) is 7.02. The number of hydrogen-bond donors (Lipinski definition) is 0. The van der Waals surface area contributed by atoms with Crippen molar-refractivity contribution in [1.29, 1.82) is 0 Å². The Bertz CT molecular complexity index is 572. The minimum atomic E-state index is 0.0432. The van der Waals surface area contributed by atoms with E-state index in [1.165, 1.54) is 5.56 Å². The molecule has 0 fully saturated rings. The summed E-state index contributed by atoms with van der Waals surface area (Å²) in [5, 5.41) is 1.74. The van der Waals surface area contributed by atoms with E-state index in [9.17, 15) is 0 Å². The Morgan fingerprint density at radius 1 is 1.28 bits per heavy atom.